The number of rotatable bonds is 5. The zero-order valence-corrected chi connectivity index (χ0v) is 15.0. The summed E-state index contributed by atoms with van der Waals surface area (Å²) in [6, 6.07) is 10.6. The second-order valence-corrected chi connectivity index (χ2v) is 7.70. The molecule has 1 amide bonds. The lowest BCUT2D eigenvalue weighted by Crippen LogP contribution is -2.22. The number of halogens is 1. The Balaban J connectivity index is 2.23. The zero-order chi connectivity index (χ0) is 17.9. The molecule has 0 fully saturated rings. The summed E-state index contributed by atoms with van der Waals surface area (Å²) in [7, 11) is 0.861. The summed E-state index contributed by atoms with van der Waals surface area (Å²) in [6.45, 7) is 0. The maximum absolute atomic E-state index is 12.4. The molecule has 6 nitrogen and oxygen atoms in total. The van der Waals surface area contributed by atoms with E-state index in [0.29, 0.717) is 16.5 Å². The van der Waals surface area contributed by atoms with Crippen molar-refractivity contribution in [2.75, 3.05) is 26.5 Å². The Morgan fingerprint density at radius 3 is 2.29 bits per heavy atom. The zero-order valence-electron chi connectivity index (χ0n) is 13.4. The quantitative estimate of drug-likeness (QED) is 0.880. The highest BCUT2D eigenvalue weighted by Gasteiger charge is 2.17. The molecule has 0 saturated heterocycles. The van der Waals surface area contributed by atoms with E-state index in [1.165, 1.54) is 51.5 Å². The van der Waals surface area contributed by atoms with Crippen LogP contribution in [0.25, 0.3) is 0 Å². The lowest BCUT2D eigenvalue weighted by atomic mass is 10.2. The van der Waals surface area contributed by atoms with Crippen LogP contribution in [0.4, 0.5) is 5.69 Å². The van der Waals surface area contributed by atoms with Crippen LogP contribution < -0.4 is 10.1 Å². The topological polar surface area (TPSA) is 75.7 Å². The maximum Gasteiger partial charge on any atom is 0.259 e. The highest BCUT2D eigenvalue weighted by Crippen LogP contribution is 2.24. The van der Waals surface area contributed by atoms with Crippen LogP contribution in [-0.4, -0.2) is 39.8 Å². The van der Waals surface area contributed by atoms with Gasteiger partial charge in [0.15, 0.2) is 0 Å². The second-order valence-electron chi connectivity index (χ2n) is 5.11. The van der Waals surface area contributed by atoms with Gasteiger partial charge in [-0.3, -0.25) is 4.79 Å². The van der Waals surface area contributed by atoms with E-state index in [0.717, 1.165) is 4.31 Å². The third-order valence-electron chi connectivity index (χ3n) is 3.30. The minimum absolute atomic E-state index is 0.144. The van der Waals surface area contributed by atoms with Crippen LogP contribution in [0.15, 0.2) is 47.4 Å². The van der Waals surface area contributed by atoms with Crippen molar-refractivity contribution < 1.29 is 17.9 Å². The number of anilines is 1. The summed E-state index contributed by atoms with van der Waals surface area (Å²) in [5, 5.41) is 3.09. The Hall–Kier alpha value is -2.09. The monoisotopic (exact) mass is 368 g/mol. The molecular weight excluding hydrogens is 352 g/mol. The Kier molecular flexibility index (Phi) is 5.48. The molecule has 2 aromatic carbocycles. The smallest absolute Gasteiger partial charge is 0.259 e. The number of methoxy groups -OCH3 is 1. The Bertz CT molecular complexity index is 849. The van der Waals surface area contributed by atoms with Crippen LogP contribution in [-0.2, 0) is 10.0 Å². The van der Waals surface area contributed by atoms with E-state index in [-0.39, 0.29) is 10.5 Å². The Morgan fingerprint density at radius 2 is 1.75 bits per heavy atom. The average Bonchev–Trinajstić information content (AvgIpc) is 2.55. The van der Waals surface area contributed by atoms with Crippen molar-refractivity contribution in [2.24, 2.45) is 0 Å². The van der Waals surface area contributed by atoms with Crippen LogP contribution in [0.3, 0.4) is 0 Å². The van der Waals surface area contributed by atoms with Crippen molar-refractivity contribution in [1.29, 1.82) is 0 Å². The van der Waals surface area contributed by atoms with Gasteiger partial charge in [-0.15, -0.1) is 0 Å². The highest BCUT2D eigenvalue weighted by atomic mass is 35.5. The molecular formula is C16H17ClN2O4S. The number of nitrogens with zero attached hydrogens (tertiary/aromatic N) is 1. The summed E-state index contributed by atoms with van der Waals surface area (Å²) >= 11 is 5.91. The van der Waals surface area contributed by atoms with Gasteiger partial charge in [-0.1, -0.05) is 11.6 Å². The fraction of sp³-hybridized carbons (Fsp3) is 0.188. The third kappa shape index (κ3) is 3.87. The molecule has 0 aliphatic heterocycles. The van der Waals surface area contributed by atoms with Crippen LogP contribution in [0.1, 0.15) is 10.4 Å². The van der Waals surface area contributed by atoms with Crippen molar-refractivity contribution >= 4 is 33.2 Å². The van der Waals surface area contributed by atoms with Crippen LogP contribution in [0, 0.1) is 0 Å². The van der Waals surface area contributed by atoms with E-state index in [2.05, 4.69) is 5.32 Å². The van der Waals surface area contributed by atoms with Gasteiger partial charge >= 0.3 is 0 Å². The van der Waals surface area contributed by atoms with Crippen molar-refractivity contribution in [1.82, 2.24) is 4.31 Å². The van der Waals surface area contributed by atoms with Crippen LogP contribution in [0.5, 0.6) is 5.75 Å². The number of benzene rings is 2. The highest BCUT2D eigenvalue weighted by molar-refractivity contribution is 7.89. The van der Waals surface area contributed by atoms with Gasteiger partial charge in [0.1, 0.15) is 5.75 Å². The standard InChI is InChI=1S/C16H17ClN2O4S/c1-19(2)24(21,22)13-7-5-12(6-8-13)18-16(20)14-10-11(17)4-9-15(14)23-3/h4-10H,1-3H3,(H,18,20). The largest absolute Gasteiger partial charge is 0.496 e. The molecule has 1 N–H and O–H groups in total. The minimum Gasteiger partial charge on any atom is -0.496 e. The lowest BCUT2D eigenvalue weighted by Gasteiger charge is -2.12. The molecule has 2 rings (SSSR count). The molecule has 0 saturated carbocycles. The SMILES string of the molecule is COc1ccc(Cl)cc1C(=O)Nc1ccc(S(=O)(=O)N(C)C)cc1. The van der Waals surface area contributed by atoms with Gasteiger partial charge < -0.3 is 10.1 Å². The van der Waals surface area contributed by atoms with Gasteiger partial charge in [0.2, 0.25) is 10.0 Å². The Morgan fingerprint density at radius 1 is 1.12 bits per heavy atom. The number of hydrogen-bond acceptors (Lipinski definition) is 4. The predicted molar refractivity (Wildman–Crippen MR) is 93.3 cm³/mol. The minimum atomic E-state index is -3.51. The van der Waals surface area contributed by atoms with Crippen molar-refractivity contribution in [3.63, 3.8) is 0 Å². The summed E-state index contributed by atoms with van der Waals surface area (Å²) in [4.78, 5) is 12.5. The first kappa shape index (κ1) is 18.3. The number of amides is 1. The fourth-order valence-electron chi connectivity index (χ4n) is 1.98. The first-order valence-electron chi connectivity index (χ1n) is 6.93. The normalized spacial score (nSPS) is 11.4. The third-order valence-corrected chi connectivity index (χ3v) is 5.36. The molecule has 8 heteroatoms. The molecule has 0 aliphatic rings. The van der Waals surface area contributed by atoms with Crippen molar-refractivity contribution in [3.05, 3.63) is 53.1 Å². The maximum atomic E-state index is 12.4. The number of carbonyl (C=O) groups excluding carboxylic acids is 1. The molecule has 0 unspecified atom stereocenters. The number of nitrogens with one attached hydrogen (secondary N) is 1. The molecule has 0 radical (unpaired) electrons. The van der Waals surface area contributed by atoms with Gasteiger partial charge in [0.25, 0.3) is 5.91 Å². The molecule has 0 aliphatic carbocycles. The number of sulfonamides is 1. The molecule has 0 bridgehead atoms. The van der Waals surface area contributed by atoms with Gasteiger partial charge in [-0.2, -0.15) is 0 Å². The first-order valence-corrected chi connectivity index (χ1v) is 8.75. The van der Waals surface area contributed by atoms with Gasteiger partial charge in [-0.05, 0) is 42.5 Å². The van der Waals surface area contributed by atoms with Gasteiger partial charge in [0.05, 0.1) is 17.6 Å². The summed E-state index contributed by atoms with van der Waals surface area (Å²) in [6.07, 6.45) is 0. The summed E-state index contributed by atoms with van der Waals surface area (Å²) in [5.74, 6) is -0.0127. The molecule has 24 heavy (non-hydrogen) atoms. The molecule has 128 valence electrons. The number of ether oxygens (including phenoxy) is 1. The molecule has 0 atom stereocenters. The fourth-order valence-corrected chi connectivity index (χ4v) is 3.05. The molecule has 0 spiro atoms. The van der Waals surface area contributed by atoms with E-state index in [1.807, 2.05) is 0 Å². The molecule has 0 heterocycles. The number of hydrogen-bond donors (Lipinski definition) is 1. The molecule has 0 aromatic heterocycles. The second kappa shape index (κ2) is 7.21. The van der Waals surface area contributed by atoms with Gasteiger partial charge in [0, 0.05) is 24.8 Å². The van der Waals surface area contributed by atoms with Gasteiger partial charge in [-0.25, -0.2) is 12.7 Å². The summed E-state index contributed by atoms with van der Waals surface area (Å²) in [5.41, 5.74) is 0.745. The first-order chi connectivity index (χ1) is 11.3. The van der Waals surface area contributed by atoms with Crippen molar-refractivity contribution in [2.45, 2.75) is 4.90 Å². The number of carbonyl (C=O) groups is 1. The van der Waals surface area contributed by atoms with E-state index < -0.39 is 15.9 Å². The molecule has 2 aromatic rings. The Labute approximate surface area is 146 Å². The predicted octanol–water partition coefficient (Wildman–Crippen LogP) is 2.85. The lowest BCUT2D eigenvalue weighted by molar-refractivity contribution is 0.102. The van der Waals surface area contributed by atoms with E-state index in [9.17, 15) is 13.2 Å². The van der Waals surface area contributed by atoms with Crippen molar-refractivity contribution in [3.8, 4) is 5.75 Å². The summed E-state index contributed by atoms with van der Waals surface area (Å²) < 4.78 is 30.3. The van der Waals surface area contributed by atoms with Crippen LogP contribution in [0.2, 0.25) is 5.02 Å². The van der Waals surface area contributed by atoms with E-state index in [1.54, 1.807) is 12.1 Å². The van der Waals surface area contributed by atoms with Crippen LogP contribution >= 0.6 is 11.6 Å². The van der Waals surface area contributed by atoms with E-state index >= 15 is 0 Å². The average molecular weight is 369 g/mol. The van der Waals surface area contributed by atoms with E-state index in [4.69, 9.17) is 16.3 Å².